The molecule has 0 bridgehead atoms. The van der Waals surface area contributed by atoms with E-state index in [1.165, 1.54) is 0 Å². The van der Waals surface area contributed by atoms with E-state index in [1.807, 2.05) is 20.8 Å². The van der Waals surface area contributed by atoms with Crippen molar-refractivity contribution in [2.75, 3.05) is 18.5 Å². The van der Waals surface area contributed by atoms with Gasteiger partial charge in [-0.2, -0.15) is 5.10 Å². The monoisotopic (exact) mass is 252 g/mol. The van der Waals surface area contributed by atoms with Crippen LogP contribution < -0.4 is 5.32 Å². The molecule has 0 spiro atoms. The predicted octanol–water partition coefficient (Wildman–Crippen LogP) is 2.22. The van der Waals surface area contributed by atoms with E-state index in [2.05, 4.69) is 34.3 Å². The summed E-state index contributed by atoms with van der Waals surface area (Å²) in [5, 5.41) is 11.5. The van der Waals surface area contributed by atoms with Crippen LogP contribution >= 0.6 is 0 Å². The molecular weight excluding hydrogens is 228 g/mol. The van der Waals surface area contributed by atoms with Crippen LogP contribution in [0.25, 0.3) is 0 Å². The first kappa shape index (κ1) is 14.8. The number of nitrogens with one attached hydrogen (secondary N) is 1. The smallest absolute Gasteiger partial charge is 0.243 e. The Morgan fingerprint density at radius 2 is 1.72 bits per heavy atom. The lowest BCUT2D eigenvalue weighted by molar-refractivity contribution is 0.000567. The molecule has 0 aromatic carbocycles. The Bertz CT molecular complexity index is 379. The van der Waals surface area contributed by atoms with Crippen LogP contribution in [0, 0.1) is 0 Å². The fourth-order valence-electron chi connectivity index (χ4n) is 1.75. The third kappa shape index (κ3) is 4.22. The number of rotatable bonds is 7. The molecule has 0 aliphatic heterocycles. The maximum Gasteiger partial charge on any atom is 0.243 e. The van der Waals surface area contributed by atoms with Crippen LogP contribution in [0.1, 0.15) is 46.0 Å². The van der Waals surface area contributed by atoms with Crippen LogP contribution in [0.3, 0.4) is 0 Å². The molecule has 5 nitrogen and oxygen atoms in total. The minimum absolute atomic E-state index is 0.228. The van der Waals surface area contributed by atoms with E-state index in [4.69, 9.17) is 4.74 Å². The van der Waals surface area contributed by atoms with E-state index in [-0.39, 0.29) is 5.60 Å². The average molecular weight is 252 g/mol. The van der Waals surface area contributed by atoms with Gasteiger partial charge in [-0.1, -0.05) is 13.8 Å². The van der Waals surface area contributed by atoms with Crippen LogP contribution in [-0.2, 0) is 17.6 Å². The Labute approximate surface area is 109 Å². The first-order valence-corrected chi connectivity index (χ1v) is 6.62. The number of ether oxygens (including phenoxy) is 1. The number of anilines is 1. The normalized spacial score (nSPS) is 11.6. The van der Waals surface area contributed by atoms with E-state index in [1.54, 1.807) is 0 Å². The Morgan fingerprint density at radius 3 is 2.28 bits per heavy atom. The minimum Gasteiger partial charge on any atom is -0.374 e. The fraction of sp³-hybridized carbons (Fsp3) is 0.769. The van der Waals surface area contributed by atoms with Gasteiger partial charge < -0.3 is 10.1 Å². The Hall–Kier alpha value is -1.23. The summed E-state index contributed by atoms with van der Waals surface area (Å²) < 4.78 is 5.61. The fourth-order valence-corrected chi connectivity index (χ4v) is 1.75. The zero-order chi connectivity index (χ0) is 13.6. The third-order valence-corrected chi connectivity index (χ3v) is 2.72. The van der Waals surface area contributed by atoms with Crippen LogP contribution in [0.4, 0.5) is 5.95 Å². The van der Waals surface area contributed by atoms with Gasteiger partial charge in [-0.3, -0.25) is 0 Å². The maximum atomic E-state index is 5.61. The van der Waals surface area contributed by atoms with Gasteiger partial charge in [0.2, 0.25) is 5.95 Å². The predicted molar refractivity (Wildman–Crippen MR) is 72.8 cm³/mol. The van der Waals surface area contributed by atoms with Crippen LogP contribution in [0.15, 0.2) is 0 Å². The molecule has 0 unspecified atom stereocenters. The van der Waals surface area contributed by atoms with E-state index < -0.39 is 0 Å². The molecular formula is C13H24N4O. The number of nitrogens with zero attached hydrogens (tertiary/aromatic N) is 3. The number of aryl methyl sites for hydroxylation is 2. The highest BCUT2D eigenvalue weighted by Crippen LogP contribution is 2.11. The standard InChI is InChI=1S/C13H24N4O/c1-6-10-11(7-2)16-17-12(15-10)14-9-13(4,5)18-8-3/h6-9H2,1-5H3,(H,14,15,17). The molecule has 0 atom stereocenters. The van der Waals surface area contributed by atoms with Crippen LogP contribution in [0.5, 0.6) is 0 Å². The lowest BCUT2D eigenvalue weighted by Crippen LogP contribution is -2.34. The first-order chi connectivity index (χ1) is 8.52. The summed E-state index contributed by atoms with van der Waals surface area (Å²) in [5.74, 6) is 0.580. The first-order valence-electron chi connectivity index (χ1n) is 6.62. The topological polar surface area (TPSA) is 59.9 Å². The molecule has 0 aliphatic carbocycles. The quantitative estimate of drug-likeness (QED) is 0.806. The van der Waals surface area contributed by atoms with Crippen molar-refractivity contribution in [1.82, 2.24) is 15.2 Å². The van der Waals surface area contributed by atoms with Crippen molar-refractivity contribution in [3.8, 4) is 0 Å². The second-order valence-corrected chi connectivity index (χ2v) is 4.78. The third-order valence-electron chi connectivity index (χ3n) is 2.72. The van der Waals surface area contributed by atoms with Gasteiger partial charge in [0.15, 0.2) is 0 Å². The zero-order valence-electron chi connectivity index (χ0n) is 12.1. The van der Waals surface area contributed by atoms with Crippen molar-refractivity contribution in [1.29, 1.82) is 0 Å². The second-order valence-electron chi connectivity index (χ2n) is 4.78. The molecule has 102 valence electrons. The summed E-state index contributed by atoms with van der Waals surface area (Å²) in [4.78, 5) is 4.48. The number of hydrogen-bond acceptors (Lipinski definition) is 5. The number of aromatic nitrogens is 3. The van der Waals surface area contributed by atoms with Gasteiger partial charge >= 0.3 is 0 Å². The molecule has 0 aliphatic rings. The van der Waals surface area contributed by atoms with Gasteiger partial charge in [-0.25, -0.2) is 4.98 Å². The highest BCUT2D eigenvalue weighted by Gasteiger charge is 2.18. The molecule has 18 heavy (non-hydrogen) atoms. The van der Waals surface area contributed by atoms with Crippen molar-refractivity contribution in [3.63, 3.8) is 0 Å². The van der Waals surface area contributed by atoms with Crippen LogP contribution in [0.2, 0.25) is 0 Å². The molecule has 1 heterocycles. The van der Waals surface area contributed by atoms with E-state index in [0.29, 0.717) is 19.1 Å². The molecule has 1 aromatic rings. The maximum absolute atomic E-state index is 5.61. The summed E-state index contributed by atoms with van der Waals surface area (Å²) in [6.07, 6.45) is 1.75. The van der Waals surface area contributed by atoms with E-state index >= 15 is 0 Å². The molecule has 0 saturated carbocycles. The van der Waals surface area contributed by atoms with Crippen LogP contribution in [-0.4, -0.2) is 33.9 Å². The Kier molecular flexibility index (Phi) is 5.47. The highest BCUT2D eigenvalue weighted by molar-refractivity contribution is 5.26. The molecule has 0 fully saturated rings. The summed E-state index contributed by atoms with van der Waals surface area (Å²) in [6, 6.07) is 0. The lowest BCUT2D eigenvalue weighted by atomic mass is 10.1. The summed E-state index contributed by atoms with van der Waals surface area (Å²) in [7, 11) is 0. The van der Waals surface area contributed by atoms with Gasteiger partial charge in [-0.05, 0) is 33.6 Å². The Balaban J connectivity index is 2.68. The summed E-state index contributed by atoms with van der Waals surface area (Å²) >= 11 is 0. The number of hydrogen-bond donors (Lipinski definition) is 1. The van der Waals surface area contributed by atoms with Crippen molar-refractivity contribution in [3.05, 3.63) is 11.4 Å². The van der Waals surface area contributed by atoms with Gasteiger partial charge in [0, 0.05) is 13.2 Å². The SMILES string of the molecule is CCOC(C)(C)CNc1nnc(CC)c(CC)n1. The molecule has 1 N–H and O–H groups in total. The largest absolute Gasteiger partial charge is 0.374 e. The molecule has 0 amide bonds. The average Bonchev–Trinajstić information content (AvgIpc) is 2.36. The molecule has 0 radical (unpaired) electrons. The van der Waals surface area contributed by atoms with E-state index in [9.17, 15) is 0 Å². The molecule has 5 heteroatoms. The molecule has 0 saturated heterocycles. The van der Waals surface area contributed by atoms with Crippen molar-refractivity contribution >= 4 is 5.95 Å². The van der Waals surface area contributed by atoms with Gasteiger partial charge in [-0.15, -0.1) is 5.10 Å². The zero-order valence-corrected chi connectivity index (χ0v) is 12.1. The second kappa shape index (κ2) is 6.64. The minimum atomic E-state index is -0.228. The highest BCUT2D eigenvalue weighted by atomic mass is 16.5. The van der Waals surface area contributed by atoms with Gasteiger partial charge in [0.05, 0.1) is 17.0 Å². The van der Waals surface area contributed by atoms with E-state index in [0.717, 1.165) is 24.2 Å². The Morgan fingerprint density at radius 1 is 1.06 bits per heavy atom. The summed E-state index contributed by atoms with van der Waals surface area (Å²) in [6.45, 7) is 11.6. The van der Waals surface area contributed by atoms with Crippen molar-refractivity contribution in [2.24, 2.45) is 0 Å². The molecule has 1 aromatic heterocycles. The van der Waals surface area contributed by atoms with Crippen molar-refractivity contribution < 1.29 is 4.74 Å². The molecule has 1 rings (SSSR count). The van der Waals surface area contributed by atoms with Crippen molar-refractivity contribution in [2.45, 2.75) is 53.1 Å². The van der Waals surface area contributed by atoms with Gasteiger partial charge in [0.1, 0.15) is 0 Å². The summed E-state index contributed by atoms with van der Waals surface area (Å²) in [5.41, 5.74) is 1.77. The lowest BCUT2D eigenvalue weighted by Gasteiger charge is -2.24. The van der Waals surface area contributed by atoms with Gasteiger partial charge in [0.25, 0.3) is 0 Å².